The molecule has 2 heterocycles. The minimum atomic E-state index is -0.405. The molecule has 1 amide bonds. The Labute approximate surface area is 174 Å². The van der Waals surface area contributed by atoms with Crippen molar-refractivity contribution in [3.05, 3.63) is 57.8 Å². The first-order valence-corrected chi connectivity index (χ1v) is 10.00. The Morgan fingerprint density at radius 1 is 1.10 bits per heavy atom. The first-order valence-electron chi connectivity index (χ1n) is 8.64. The molecule has 10 heteroatoms. The standard InChI is InChI=1S/C19H15ClN4O4S/c20-12-2-4-13(5-3-12)21-16(25)10-29-19-22-18(26)17(23-24-19)11-1-6-14-15(9-11)28-8-7-27-14/h1-6,9H,7-8,10H2,(H,21,25)(H,22,24,26). The molecule has 0 fully saturated rings. The molecule has 1 aliphatic rings. The number of carbonyl (C=O) groups excluding carboxylic acids is 1. The van der Waals surface area contributed by atoms with E-state index in [-0.39, 0.29) is 22.5 Å². The Morgan fingerprint density at radius 2 is 1.86 bits per heavy atom. The van der Waals surface area contributed by atoms with Crippen LogP contribution in [0.3, 0.4) is 0 Å². The summed E-state index contributed by atoms with van der Waals surface area (Å²) < 4.78 is 11.0. The fourth-order valence-electron chi connectivity index (χ4n) is 2.63. The molecule has 0 spiro atoms. The number of rotatable bonds is 5. The third-order valence-electron chi connectivity index (χ3n) is 3.96. The zero-order valence-corrected chi connectivity index (χ0v) is 16.5. The minimum absolute atomic E-state index is 0.0661. The molecular formula is C19H15ClN4O4S. The Balaban J connectivity index is 1.41. The molecule has 1 aliphatic heterocycles. The van der Waals surface area contributed by atoms with Gasteiger partial charge in [-0.25, -0.2) is 0 Å². The van der Waals surface area contributed by atoms with Gasteiger partial charge in [0.15, 0.2) is 22.3 Å². The van der Waals surface area contributed by atoms with Crippen molar-refractivity contribution in [2.24, 2.45) is 0 Å². The highest BCUT2D eigenvalue weighted by atomic mass is 35.5. The maximum Gasteiger partial charge on any atom is 0.278 e. The topological polar surface area (TPSA) is 106 Å². The zero-order chi connectivity index (χ0) is 20.2. The van der Waals surface area contributed by atoms with Gasteiger partial charge in [0.1, 0.15) is 13.2 Å². The molecule has 29 heavy (non-hydrogen) atoms. The Bertz CT molecular complexity index is 1100. The number of fused-ring (bicyclic) bond motifs is 1. The maximum absolute atomic E-state index is 12.4. The zero-order valence-electron chi connectivity index (χ0n) is 15.0. The fraction of sp³-hybridized carbons (Fsp3) is 0.158. The summed E-state index contributed by atoms with van der Waals surface area (Å²) in [6.45, 7) is 0.941. The summed E-state index contributed by atoms with van der Waals surface area (Å²) in [7, 11) is 0. The summed E-state index contributed by atoms with van der Waals surface area (Å²) in [6, 6.07) is 11.9. The van der Waals surface area contributed by atoms with Gasteiger partial charge in [-0.05, 0) is 42.5 Å². The van der Waals surface area contributed by atoms with Gasteiger partial charge in [0.2, 0.25) is 5.91 Å². The number of hydrogen-bond donors (Lipinski definition) is 2. The van der Waals surface area contributed by atoms with Crippen molar-refractivity contribution in [1.29, 1.82) is 0 Å². The highest BCUT2D eigenvalue weighted by molar-refractivity contribution is 7.99. The number of ether oxygens (including phenoxy) is 2. The Kier molecular flexibility index (Phi) is 5.68. The number of aromatic amines is 1. The van der Waals surface area contributed by atoms with E-state index in [1.54, 1.807) is 42.5 Å². The monoisotopic (exact) mass is 430 g/mol. The van der Waals surface area contributed by atoms with Crippen molar-refractivity contribution in [3.63, 3.8) is 0 Å². The lowest BCUT2D eigenvalue weighted by molar-refractivity contribution is -0.113. The lowest BCUT2D eigenvalue weighted by Crippen LogP contribution is -2.18. The smallest absolute Gasteiger partial charge is 0.278 e. The fourth-order valence-corrected chi connectivity index (χ4v) is 3.36. The molecule has 0 atom stereocenters. The van der Waals surface area contributed by atoms with E-state index in [0.29, 0.717) is 41.0 Å². The van der Waals surface area contributed by atoms with Gasteiger partial charge < -0.3 is 14.8 Å². The van der Waals surface area contributed by atoms with Gasteiger partial charge in [0, 0.05) is 16.3 Å². The van der Waals surface area contributed by atoms with Gasteiger partial charge in [0.25, 0.3) is 5.56 Å². The maximum atomic E-state index is 12.4. The predicted octanol–water partition coefficient (Wildman–Crippen LogP) is 2.99. The Morgan fingerprint density at radius 3 is 2.62 bits per heavy atom. The van der Waals surface area contributed by atoms with E-state index in [0.717, 1.165) is 11.8 Å². The molecule has 148 valence electrons. The van der Waals surface area contributed by atoms with Crippen LogP contribution in [0.2, 0.25) is 5.02 Å². The van der Waals surface area contributed by atoms with Gasteiger partial charge in [0.05, 0.1) is 5.75 Å². The second-order valence-electron chi connectivity index (χ2n) is 6.01. The van der Waals surface area contributed by atoms with Crippen molar-refractivity contribution in [2.45, 2.75) is 5.16 Å². The molecule has 2 aromatic carbocycles. The van der Waals surface area contributed by atoms with Crippen molar-refractivity contribution < 1.29 is 14.3 Å². The summed E-state index contributed by atoms with van der Waals surface area (Å²) in [5.74, 6) is 1.02. The van der Waals surface area contributed by atoms with Gasteiger partial charge in [-0.1, -0.05) is 23.4 Å². The predicted molar refractivity (Wildman–Crippen MR) is 110 cm³/mol. The first kappa shape index (κ1) is 19.3. The summed E-state index contributed by atoms with van der Waals surface area (Å²) >= 11 is 6.90. The van der Waals surface area contributed by atoms with Crippen LogP contribution in [-0.4, -0.2) is 40.1 Å². The van der Waals surface area contributed by atoms with E-state index in [2.05, 4.69) is 20.5 Å². The molecule has 0 unspecified atom stereocenters. The number of thioether (sulfide) groups is 1. The van der Waals surface area contributed by atoms with Crippen LogP contribution in [0.25, 0.3) is 11.3 Å². The van der Waals surface area contributed by atoms with E-state index < -0.39 is 5.56 Å². The lowest BCUT2D eigenvalue weighted by atomic mass is 10.1. The van der Waals surface area contributed by atoms with Crippen LogP contribution < -0.4 is 20.3 Å². The van der Waals surface area contributed by atoms with Crippen LogP contribution >= 0.6 is 23.4 Å². The molecular weight excluding hydrogens is 416 g/mol. The Hall–Kier alpha value is -3.04. The van der Waals surface area contributed by atoms with Gasteiger partial charge >= 0.3 is 0 Å². The third kappa shape index (κ3) is 4.69. The summed E-state index contributed by atoms with van der Waals surface area (Å²) in [6.07, 6.45) is 0. The number of nitrogens with one attached hydrogen (secondary N) is 2. The highest BCUT2D eigenvalue weighted by Crippen LogP contribution is 2.33. The minimum Gasteiger partial charge on any atom is -0.486 e. The number of hydrogen-bond acceptors (Lipinski definition) is 7. The molecule has 2 N–H and O–H groups in total. The number of aromatic nitrogens is 3. The van der Waals surface area contributed by atoms with Gasteiger partial charge in [-0.2, -0.15) is 0 Å². The van der Waals surface area contributed by atoms with Crippen molar-refractivity contribution in [2.75, 3.05) is 24.3 Å². The van der Waals surface area contributed by atoms with Crippen LogP contribution in [0.5, 0.6) is 11.5 Å². The molecule has 0 bridgehead atoms. The molecule has 8 nitrogen and oxygen atoms in total. The number of anilines is 1. The summed E-state index contributed by atoms with van der Waals surface area (Å²) in [5.41, 5.74) is 0.961. The molecule has 3 aromatic rings. The number of carbonyl (C=O) groups is 1. The second kappa shape index (κ2) is 8.54. The lowest BCUT2D eigenvalue weighted by Gasteiger charge is -2.18. The number of nitrogens with zero attached hydrogens (tertiary/aromatic N) is 2. The first-order chi connectivity index (χ1) is 14.1. The highest BCUT2D eigenvalue weighted by Gasteiger charge is 2.15. The summed E-state index contributed by atoms with van der Waals surface area (Å²) in [5, 5.41) is 11.6. The van der Waals surface area contributed by atoms with Crippen LogP contribution in [0.15, 0.2) is 52.4 Å². The van der Waals surface area contributed by atoms with Gasteiger partial charge in [-0.3, -0.25) is 14.6 Å². The average Bonchev–Trinajstić information content (AvgIpc) is 2.74. The van der Waals surface area contributed by atoms with E-state index in [1.807, 2.05) is 0 Å². The van der Waals surface area contributed by atoms with Crippen LogP contribution in [0.4, 0.5) is 5.69 Å². The number of H-pyrrole nitrogens is 1. The largest absolute Gasteiger partial charge is 0.486 e. The molecule has 0 aliphatic carbocycles. The molecule has 4 rings (SSSR count). The van der Waals surface area contributed by atoms with E-state index in [9.17, 15) is 9.59 Å². The van der Waals surface area contributed by atoms with Gasteiger partial charge in [-0.15, -0.1) is 10.2 Å². The normalized spacial score (nSPS) is 12.4. The van der Waals surface area contributed by atoms with E-state index in [1.165, 1.54) is 0 Å². The van der Waals surface area contributed by atoms with Crippen LogP contribution in [-0.2, 0) is 4.79 Å². The number of halogens is 1. The van der Waals surface area contributed by atoms with Crippen molar-refractivity contribution >= 4 is 35.0 Å². The number of benzene rings is 2. The van der Waals surface area contributed by atoms with E-state index >= 15 is 0 Å². The number of amides is 1. The molecule has 0 saturated carbocycles. The molecule has 0 radical (unpaired) electrons. The average molecular weight is 431 g/mol. The molecule has 1 aromatic heterocycles. The third-order valence-corrected chi connectivity index (χ3v) is 5.08. The second-order valence-corrected chi connectivity index (χ2v) is 7.41. The van der Waals surface area contributed by atoms with Crippen LogP contribution in [0.1, 0.15) is 0 Å². The van der Waals surface area contributed by atoms with Crippen molar-refractivity contribution in [3.8, 4) is 22.8 Å². The van der Waals surface area contributed by atoms with Crippen LogP contribution in [0, 0.1) is 0 Å². The van der Waals surface area contributed by atoms with Crippen molar-refractivity contribution in [1.82, 2.24) is 15.2 Å². The quantitative estimate of drug-likeness (QED) is 0.599. The SMILES string of the molecule is O=C(CSc1nnc(-c2ccc3c(c2)OCCO3)c(=O)[nH]1)Nc1ccc(Cl)cc1. The molecule has 0 saturated heterocycles. The van der Waals surface area contributed by atoms with E-state index in [4.69, 9.17) is 21.1 Å². The summed E-state index contributed by atoms with van der Waals surface area (Å²) in [4.78, 5) is 27.1.